The molecule has 1 saturated carbocycles. The molecule has 3 aromatic rings. The normalized spacial score (nSPS) is 20.3. The topological polar surface area (TPSA) is 74.2 Å². The quantitative estimate of drug-likeness (QED) is 0.614. The van der Waals surface area contributed by atoms with Crippen molar-refractivity contribution in [2.75, 3.05) is 31.1 Å². The number of nitrogens with one attached hydrogen (secondary N) is 1. The Morgan fingerprint density at radius 2 is 1.53 bits per heavy atom. The van der Waals surface area contributed by atoms with Gasteiger partial charge in [-0.1, -0.05) is 24.3 Å². The fourth-order valence-corrected chi connectivity index (χ4v) is 5.42. The highest BCUT2D eigenvalue weighted by Crippen LogP contribution is 2.33. The van der Waals surface area contributed by atoms with Crippen molar-refractivity contribution in [2.24, 2.45) is 11.8 Å². The predicted molar refractivity (Wildman–Crippen MR) is 132 cm³/mol. The minimum Gasteiger partial charge on any atom is -0.372 e. The van der Waals surface area contributed by atoms with Crippen LogP contribution < -0.4 is 10.6 Å². The Hall–Kier alpha value is -3.35. The first-order valence-corrected chi connectivity index (χ1v) is 12.6. The van der Waals surface area contributed by atoms with Gasteiger partial charge in [0.05, 0.1) is 5.69 Å². The molecular formula is C27H31N5O2. The lowest BCUT2D eigenvalue weighted by Crippen LogP contribution is -2.30. The van der Waals surface area contributed by atoms with Crippen LogP contribution in [0.4, 0.5) is 5.69 Å². The van der Waals surface area contributed by atoms with E-state index in [9.17, 15) is 9.59 Å². The van der Waals surface area contributed by atoms with Crippen molar-refractivity contribution in [2.45, 2.75) is 38.5 Å². The lowest BCUT2D eigenvalue weighted by atomic mass is 10.0. The van der Waals surface area contributed by atoms with Crippen molar-refractivity contribution in [3.63, 3.8) is 0 Å². The van der Waals surface area contributed by atoms with Crippen LogP contribution in [0.15, 0.2) is 53.3 Å². The van der Waals surface area contributed by atoms with E-state index in [1.165, 1.54) is 24.1 Å². The van der Waals surface area contributed by atoms with Gasteiger partial charge in [0, 0.05) is 44.2 Å². The van der Waals surface area contributed by atoms with Crippen LogP contribution in [0.5, 0.6) is 0 Å². The van der Waals surface area contributed by atoms with Crippen LogP contribution in [0.1, 0.15) is 37.9 Å². The monoisotopic (exact) mass is 457 g/mol. The number of aromatic nitrogens is 3. The predicted octanol–water partition coefficient (Wildman–Crippen LogP) is 3.63. The summed E-state index contributed by atoms with van der Waals surface area (Å²) in [5, 5.41) is 6.94. The molecule has 7 heteroatoms. The number of amides is 1. The average Bonchev–Trinajstić information content (AvgIpc) is 3.22. The molecule has 1 unspecified atom stereocenters. The number of hydrogen-bond acceptors (Lipinski definition) is 4. The Labute approximate surface area is 199 Å². The first-order chi connectivity index (χ1) is 16.7. The van der Waals surface area contributed by atoms with Crippen LogP contribution >= 0.6 is 0 Å². The van der Waals surface area contributed by atoms with Crippen LogP contribution in [-0.2, 0) is 11.2 Å². The summed E-state index contributed by atoms with van der Waals surface area (Å²) in [4.78, 5) is 29.4. The number of aromatic amines is 1. The number of likely N-dealkylation sites (tertiary alicyclic amines) is 1. The number of benzene rings is 2. The molecule has 1 amide bonds. The minimum absolute atomic E-state index is 0.221. The van der Waals surface area contributed by atoms with Gasteiger partial charge in [0.25, 0.3) is 0 Å². The zero-order valence-electron chi connectivity index (χ0n) is 19.4. The molecule has 1 aromatic heterocycles. The summed E-state index contributed by atoms with van der Waals surface area (Å²) < 4.78 is 1.67. The van der Waals surface area contributed by atoms with E-state index in [1.54, 1.807) is 4.57 Å². The van der Waals surface area contributed by atoms with Crippen molar-refractivity contribution in [1.82, 2.24) is 19.7 Å². The van der Waals surface area contributed by atoms with Crippen molar-refractivity contribution in [1.29, 1.82) is 0 Å². The molecule has 2 saturated heterocycles. The molecule has 3 heterocycles. The second kappa shape index (κ2) is 8.78. The summed E-state index contributed by atoms with van der Waals surface area (Å²) in [6.07, 6.45) is 6.28. The third-order valence-corrected chi connectivity index (χ3v) is 7.53. The van der Waals surface area contributed by atoms with Crippen molar-refractivity contribution in [3.05, 3.63) is 64.8 Å². The van der Waals surface area contributed by atoms with Gasteiger partial charge in [-0.05, 0) is 73.4 Å². The molecule has 0 radical (unpaired) electrons. The number of nitrogens with zero attached hydrogens (tertiary/aromatic N) is 4. The summed E-state index contributed by atoms with van der Waals surface area (Å²) in [6, 6.07) is 16.9. The Morgan fingerprint density at radius 3 is 2.18 bits per heavy atom. The Bertz CT molecular complexity index is 1220. The van der Waals surface area contributed by atoms with Gasteiger partial charge in [0.2, 0.25) is 5.91 Å². The summed E-state index contributed by atoms with van der Waals surface area (Å²) in [7, 11) is 0. The molecule has 2 aromatic carbocycles. The van der Waals surface area contributed by atoms with Crippen LogP contribution in [0.25, 0.3) is 16.8 Å². The number of anilines is 1. The molecular weight excluding hydrogens is 426 g/mol. The van der Waals surface area contributed by atoms with Gasteiger partial charge in [-0.2, -0.15) is 5.10 Å². The molecule has 3 fully saturated rings. The Balaban J connectivity index is 1.16. The fourth-order valence-electron chi connectivity index (χ4n) is 5.42. The van der Waals surface area contributed by atoms with Gasteiger partial charge in [0.1, 0.15) is 5.82 Å². The second-order valence-corrected chi connectivity index (χ2v) is 9.99. The summed E-state index contributed by atoms with van der Waals surface area (Å²) in [6.45, 7) is 3.87. The smallest absolute Gasteiger partial charge is 0.347 e. The molecule has 6 rings (SSSR count). The molecule has 3 aliphatic rings. The maximum atomic E-state index is 12.6. The van der Waals surface area contributed by atoms with E-state index in [0.29, 0.717) is 18.2 Å². The zero-order valence-corrected chi connectivity index (χ0v) is 19.4. The van der Waals surface area contributed by atoms with E-state index < -0.39 is 0 Å². The molecule has 1 aliphatic carbocycles. The summed E-state index contributed by atoms with van der Waals surface area (Å²) in [5.41, 5.74) is 4.17. The summed E-state index contributed by atoms with van der Waals surface area (Å²) >= 11 is 0. The molecule has 0 spiro atoms. The van der Waals surface area contributed by atoms with Crippen LogP contribution in [-0.4, -0.2) is 51.8 Å². The lowest BCUT2D eigenvalue weighted by Gasteiger charge is -2.17. The minimum atomic E-state index is -0.221. The van der Waals surface area contributed by atoms with E-state index in [-0.39, 0.29) is 11.6 Å². The maximum absolute atomic E-state index is 12.6. The van der Waals surface area contributed by atoms with Gasteiger partial charge in [0.15, 0.2) is 0 Å². The highest BCUT2D eigenvalue weighted by molar-refractivity contribution is 5.81. The first-order valence-electron chi connectivity index (χ1n) is 12.6. The van der Waals surface area contributed by atoms with Gasteiger partial charge >= 0.3 is 5.69 Å². The third kappa shape index (κ3) is 4.15. The van der Waals surface area contributed by atoms with Crippen LogP contribution in [0.3, 0.4) is 0 Å². The van der Waals surface area contributed by atoms with E-state index >= 15 is 0 Å². The lowest BCUT2D eigenvalue weighted by molar-refractivity contribution is -0.131. The second-order valence-electron chi connectivity index (χ2n) is 9.99. The van der Waals surface area contributed by atoms with Crippen molar-refractivity contribution >= 4 is 11.6 Å². The van der Waals surface area contributed by atoms with Gasteiger partial charge in [-0.15, -0.1) is 0 Å². The number of H-pyrrole nitrogens is 1. The standard InChI is InChI=1S/C27H31N5O2/c33-26(22-3-4-22)31-16-13-19(18-31)17-25-28-29-27(34)32(25)24-11-7-21(8-12-24)20-5-9-23(10-6-20)30-14-1-2-15-30/h5-12,19,22H,1-4,13-18H2,(H,29,34). The molecule has 7 nitrogen and oxygen atoms in total. The molecule has 2 aliphatic heterocycles. The molecule has 1 atom stereocenters. The molecule has 0 bridgehead atoms. The Morgan fingerprint density at radius 1 is 0.882 bits per heavy atom. The van der Waals surface area contributed by atoms with Gasteiger partial charge in [-0.3, -0.25) is 4.79 Å². The van der Waals surface area contributed by atoms with E-state index in [2.05, 4.69) is 51.5 Å². The zero-order chi connectivity index (χ0) is 23.1. The fraction of sp³-hybridized carbons (Fsp3) is 0.444. The average molecular weight is 458 g/mol. The third-order valence-electron chi connectivity index (χ3n) is 7.53. The molecule has 176 valence electrons. The number of hydrogen-bond donors (Lipinski definition) is 1. The van der Waals surface area contributed by atoms with Crippen LogP contribution in [0.2, 0.25) is 0 Å². The maximum Gasteiger partial charge on any atom is 0.347 e. The van der Waals surface area contributed by atoms with Crippen LogP contribution in [0, 0.1) is 11.8 Å². The van der Waals surface area contributed by atoms with Crippen molar-refractivity contribution in [3.8, 4) is 16.8 Å². The number of rotatable bonds is 6. The highest BCUT2D eigenvalue weighted by atomic mass is 16.2. The number of carbonyl (C=O) groups excluding carboxylic acids is 1. The number of carbonyl (C=O) groups is 1. The largest absolute Gasteiger partial charge is 0.372 e. The van der Waals surface area contributed by atoms with E-state index in [0.717, 1.165) is 62.5 Å². The van der Waals surface area contributed by atoms with Crippen molar-refractivity contribution < 1.29 is 4.79 Å². The highest BCUT2D eigenvalue weighted by Gasteiger charge is 2.36. The van der Waals surface area contributed by atoms with Gasteiger partial charge < -0.3 is 9.80 Å². The Kier molecular flexibility index (Phi) is 5.47. The SMILES string of the molecule is O=C(C1CC1)N1CCC(Cc2n[nH]c(=O)n2-c2ccc(-c3ccc(N4CCCC4)cc3)cc2)C1. The van der Waals surface area contributed by atoms with E-state index in [4.69, 9.17) is 0 Å². The summed E-state index contributed by atoms with van der Waals surface area (Å²) in [5.74, 6) is 1.65. The molecule has 34 heavy (non-hydrogen) atoms. The first kappa shape index (κ1) is 21.2. The van der Waals surface area contributed by atoms with E-state index in [1.807, 2.05) is 17.0 Å². The van der Waals surface area contributed by atoms with Gasteiger partial charge in [-0.25, -0.2) is 14.5 Å². The molecule has 1 N–H and O–H groups in total.